The normalized spacial score (nSPS) is 15.8. The number of halogens is 4. The van der Waals surface area contributed by atoms with Crippen LogP contribution in [0.1, 0.15) is 28.7 Å². The topological polar surface area (TPSA) is 65.6 Å². The Morgan fingerprint density at radius 2 is 1.77 bits per heavy atom. The Morgan fingerprint density at radius 1 is 1.06 bits per heavy atom. The summed E-state index contributed by atoms with van der Waals surface area (Å²) >= 11 is 6.00. The fraction of sp³-hybridized carbons (Fsp3) is 0.320. The zero-order valence-electron chi connectivity index (χ0n) is 19.1. The number of alkyl halides is 3. The fourth-order valence-corrected chi connectivity index (χ4v) is 4.27. The van der Waals surface area contributed by atoms with Crippen LogP contribution in [-0.2, 0) is 44.5 Å². The third-order valence-electron chi connectivity index (χ3n) is 6.07. The summed E-state index contributed by atoms with van der Waals surface area (Å²) in [6, 6.07) is 12.2. The molecule has 1 unspecified atom stereocenters. The van der Waals surface area contributed by atoms with Crippen molar-refractivity contribution in [3.05, 3.63) is 96.6 Å². The number of fused-ring (bicyclic) bond motifs is 1. The number of hydrogen-bond acceptors (Lipinski definition) is 4. The largest absolute Gasteiger partial charge is 0.476 e. The number of ether oxygens (including phenoxy) is 1. The highest BCUT2D eigenvalue weighted by Crippen LogP contribution is 2.31. The smallest absolute Gasteiger partial charge is 0.416 e. The van der Waals surface area contributed by atoms with E-state index in [1.54, 1.807) is 18.2 Å². The van der Waals surface area contributed by atoms with E-state index in [4.69, 9.17) is 16.3 Å². The van der Waals surface area contributed by atoms with Gasteiger partial charge in [-0.25, -0.2) is 4.79 Å². The Kier molecular flexibility index (Phi) is 6.89. The molecule has 6 nitrogen and oxygen atoms in total. The second-order valence-corrected chi connectivity index (χ2v) is 8.95. The van der Waals surface area contributed by atoms with E-state index >= 15 is 0 Å². The predicted octanol–water partition coefficient (Wildman–Crippen LogP) is 4.81. The predicted molar refractivity (Wildman–Crippen MR) is 127 cm³/mol. The molecule has 2 aromatic carbocycles. The monoisotopic (exact) mass is 505 g/mol. The summed E-state index contributed by atoms with van der Waals surface area (Å²) in [5.74, 6) is 0.198. The lowest BCUT2D eigenvalue weighted by atomic mass is 9.93. The van der Waals surface area contributed by atoms with Gasteiger partial charge in [0.25, 0.3) is 5.56 Å². The summed E-state index contributed by atoms with van der Waals surface area (Å²) in [6.45, 7) is -0.145. The average Bonchev–Trinajstić information content (AvgIpc) is 3.01. The number of benzene rings is 2. The lowest BCUT2D eigenvalue weighted by molar-refractivity contribution is -0.137. The van der Waals surface area contributed by atoms with Gasteiger partial charge >= 0.3 is 11.9 Å². The highest BCUT2D eigenvalue weighted by Gasteiger charge is 2.31. The van der Waals surface area contributed by atoms with Crippen molar-refractivity contribution in [2.24, 2.45) is 25.0 Å². The Balaban J connectivity index is 1.72. The lowest BCUT2D eigenvalue weighted by Crippen LogP contribution is -2.38. The van der Waals surface area contributed by atoms with Gasteiger partial charge in [0.05, 0.1) is 11.1 Å². The van der Waals surface area contributed by atoms with E-state index in [1.165, 1.54) is 24.7 Å². The summed E-state index contributed by atoms with van der Waals surface area (Å²) < 4.78 is 47.7. The molecule has 0 saturated carbocycles. The Bertz CT molecular complexity index is 1390. The first-order valence-corrected chi connectivity index (χ1v) is 11.3. The number of aromatic nitrogens is 2. The molecule has 10 heteroatoms. The quantitative estimate of drug-likeness (QED) is 0.511. The van der Waals surface area contributed by atoms with Crippen LogP contribution < -0.4 is 11.2 Å². The van der Waals surface area contributed by atoms with Crippen LogP contribution in [0.3, 0.4) is 0 Å². The molecular weight excluding hydrogens is 483 g/mol. The molecule has 1 aliphatic rings. The first-order valence-electron chi connectivity index (χ1n) is 11.0. The van der Waals surface area contributed by atoms with E-state index in [0.29, 0.717) is 35.4 Å². The van der Waals surface area contributed by atoms with E-state index in [9.17, 15) is 22.8 Å². The van der Waals surface area contributed by atoms with E-state index in [-0.39, 0.29) is 24.2 Å². The van der Waals surface area contributed by atoms with E-state index in [1.807, 2.05) is 12.1 Å². The number of rotatable bonds is 4. The van der Waals surface area contributed by atoms with Gasteiger partial charge in [-0.05, 0) is 54.7 Å². The minimum absolute atomic E-state index is 0.145. The minimum Gasteiger partial charge on any atom is -0.476 e. The van der Waals surface area contributed by atoms with Gasteiger partial charge in [-0.3, -0.25) is 13.9 Å². The van der Waals surface area contributed by atoms with Crippen molar-refractivity contribution in [3.8, 4) is 0 Å². The first-order chi connectivity index (χ1) is 16.5. The zero-order chi connectivity index (χ0) is 25.3. The van der Waals surface area contributed by atoms with E-state index in [2.05, 4.69) is 4.99 Å². The molecule has 0 spiro atoms. The minimum atomic E-state index is -4.47. The van der Waals surface area contributed by atoms with Gasteiger partial charge in [0.15, 0.2) is 5.90 Å². The van der Waals surface area contributed by atoms with Crippen molar-refractivity contribution in [2.75, 3.05) is 0 Å². The van der Waals surface area contributed by atoms with Crippen LogP contribution in [0.5, 0.6) is 0 Å². The van der Waals surface area contributed by atoms with Gasteiger partial charge in [0.2, 0.25) is 0 Å². The summed E-state index contributed by atoms with van der Waals surface area (Å²) in [6.07, 6.45) is -3.08. The molecule has 4 rings (SSSR count). The molecule has 0 N–H and O–H groups in total. The molecule has 184 valence electrons. The Labute approximate surface area is 204 Å². The van der Waals surface area contributed by atoms with Crippen molar-refractivity contribution in [1.82, 2.24) is 9.13 Å². The third kappa shape index (κ3) is 5.35. The summed E-state index contributed by atoms with van der Waals surface area (Å²) in [5.41, 5.74) is -0.0246. The third-order valence-corrected chi connectivity index (χ3v) is 6.32. The van der Waals surface area contributed by atoms with Crippen molar-refractivity contribution in [1.29, 1.82) is 0 Å². The Morgan fingerprint density at radius 3 is 2.46 bits per heavy atom. The molecule has 1 aromatic heterocycles. The molecule has 35 heavy (non-hydrogen) atoms. The second kappa shape index (κ2) is 9.73. The first kappa shape index (κ1) is 24.8. The maximum absolute atomic E-state index is 13.1. The molecule has 2 heterocycles. The molecular formula is C25H23ClF3N3O3. The maximum Gasteiger partial charge on any atom is 0.416 e. The van der Waals surface area contributed by atoms with Crippen molar-refractivity contribution >= 4 is 23.3 Å². The summed E-state index contributed by atoms with van der Waals surface area (Å²) in [5, 5.41) is 0.593. The fourth-order valence-electron chi connectivity index (χ4n) is 4.14. The van der Waals surface area contributed by atoms with Gasteiger partial charge in [0.1, 0.15) is 12.4 Å². The van der Waals surface area contributed by atoms with Gasteiger partial charge in [-0.2, -0.15) is 18.2 Å². The van der Waals surface area contributed by atoms with Crippen LogP contribution in [0.25, 0.3) is 0 Å². The highest BCUT2D eigenvalue weighted by atomic mass is 35.5. The lowest BCUT2D eigenvalue weighted by Gasteiger charge is -2.19. The number of aliphatic imine (C=N–C) groups is 1. The number of nitrogens with zero attached hydrogens (tertiary/aromatic N) is 3. The van der Waals surface area contributed by atoms with Crippen LogP contribution in [0.2, 0.25) is 5.02 Å². The molecule has 0 radical (unpaired) electrons. The molecule has 0 saturated heterocycles. The van der Waals surface area contributed by atoms with Crippen LogP contribution in [0.15, 0.2) is 63.1 Å². The van der Waals surface area contributed by atoms with E-state index in [0.717, 1.165) is 22.3 Å². The molecule has 0 fully saturated rings. The molecule has 0 amide bonds. The average molecular weight is 506 g/mol. The van der Waals surface area contributed by atoms with Crippen molar-refractivity contribution in [3.63, 3.8) is 0 Å². The molecule has 3 aromatic rings. The van der Waals surface area contributed by atoms with Crippen LogP contribution in [-0.4, -0.2) is 15.0 Å². The van der Waals surface area contributed by atoms with Crippen molar-refractivity contribution < 1.29 is 17.9 Å². The van der Waals surface area contributed by atoms with Gasteiger partial charge in [0, 0.05) is 25.0 Å². The molecule has 0 bridgehead atoms. The second-order valence-electron chi connectivity index (χ2n) is 8.51. The number of hydrogen-bond donors (Lipinski definition) is 0. The molecule has 0 aliphatic carbocycles. The van der Waals surface area contributed by atoms with Crippen molar-refractivity contribution in [2.45, 2.75) is 32.0 Å². The Hall–Kier alpha value is -3.33. The molecule has 1 aliphatic heterocycles. The maximum atomic E-state index is 13.1. The standard InChI is InChI=1S/C25H23ClF3N3O3/c1-31-21-20(23(33)32(2)24(31)34)11-8-17(12-15-6-9-19(26)10-7-15)22(30-21)35-14-16-4-3-5-18(13-16)25(27,28)29/h3-7,9-10,13,17H,8,11-12,14H2,1-2H3. The summed E-state index contributed by atoms with van der Waals surface area (Å²) in [4.78, 5) is 29.8. The van der Waals surface area contributed by atoms with Crippen LogP contribution >= 0.6 is 11.6 Å². The van der Waals surface area contributed by atoms with Gasteiger partial charge in [-0.1, -0.05) is 35.9 Å². The summed E-state index contributed by atoms with van der Waals surface area (Å²) in [7, 11) is 2.93. The van der Waals surface area contributed by atoms with Gasteiger partial charge < -0.3 is 4.74 Å². The zero-order valence-corrected chi connectivity index (χ0v) is 19.9. The van der Waals surface area contributed by atoms with Gasteiger partial charge in [-0.15, -0.1) is 0 Å². The highest BCUT2D eigenvalue weighted by molar-refractivity contribution is 6.30. The van der Waals surface area contributed by atoms with E-state index < -0.39 is 23.0 Å². The molecule has 1 atom stereocenters. The van der Waals surface area contributed by atoms with Crippen LogP contribution in [0, 0.1) is 5.92 Å². The SMILES string of the molecule is Cn1c2c(c(=O)n(C)c1=O)CCC(Cc1ccc(Cl)cc1)C(OCc1cccc(C(F)(F)F)c1)=N2. The van der Waals surface area contributed by atoms with Crippen LogP contribution in [0.4, 0.5) is 19.0 Å².